The van der Waals surface area contributed by atoms with E-state index in [-0.39, 0.29) is 59.4 Å². The van der Waals surface area contributed by atoms with Gasteiger partial charge in [0.15, 0.2) is 40.5 Å². The van der Waals surface area contributed by atoms with Gasteiger partial charge in [0.1, 0.15) is 12.1 Å². The van der Waals surface area contributed by atoms with Crippen molar-refractivity contribution in [2.75, 3.05) is 72.5 Å². The van der Waals surface area contributed by atoms with E-state index in [0.29, 0.717) is 79.2 Å². The average molecular weight is 1670 g/mol. The number of halogens is 7. The molecule has 0 radical (unpaired) electrons. The molecular weight excluding hydrogens is 1510 g/mol. The molecule has 19 atom stereocenters. The molecule has 0 amide bonds. The Hall–Kier alpha value is -2.29. The Balaban J connectivity index is 0.000000456. The number of fused-ring (bicyclic) bond motifs is 5. The van der Waals surface area contributed by atoms with E-state index in [1.54, 1.807) is 19.1 Å². The van der Waals surface area contributed by atoms with E-state index in [0.717, 1.165) is 135 Å². The van der Waals surface area contributed by atoms with Gasteiger partial charge < -0.3 is 35.4 Å². The number of carbonyl (C=O) groups is 2. The molecule has 113 heavy (non-hydrogen) atoms. The van der Waals surface area contributed by atoms with Crippen LogP contribution in [0.4, 0.5) is 22.0 Å². The van der Waals surface area contributed by atoms with Crippen LogP contribution in [0.25, 0.3) is 0 Å². The predicted molar refractivity (Wildman–Crippen MR) is 453 cm³/mol. The fourth-order valence-corrected chi connectivity index (χ4v) is 22.9. The van der Waals surface area contributed by atoms with Crippen molar-refractivity contribution in [1.29, 1.82) is 0 Å². The number of hydrogen-bond acceptors (Lipinski definition) is 11. The van der Waals surface area contributed by atoms with Gasteiger partial charge in [0.2, 0.25) is 11.6 Å². The first-order valence-corrected chi connectivity index (χ1v) is 46.0. The van der Waals surface area contributed by atoms with Gasteiger partial charge in [-0.3, -0.25) is 13.4 Å². The number of aryl methyl sites for hydroxylation is 2. The Morgan fingerprint density at radius 3 is 1.28 bits per heavy atom. The predicted octanol–water partition coefficient (Wildman–Crippen LogP) is 20.2. The van der Waals surface area contributed by atoms with E-state index in [1.165, 1.54) is 237 Å². The maximum atomic E-state index is 14.1. The first-order valence-electron chi connectivity index (χ1n) is 44.2. The van der Waals surface area contributed by atoms with Crippen LogP contribution in [0.1, 0.15) is 274 Å². The van der Waals surface area contributed by atoms with Crippen molar-refractivity contribution in [2.24, 2.45) is 112 Å². The van der Waals surface area contributed by atoms with Crippen LogP contribution in [0.3, 0.4) is 0 Å². The van der Waals surface area contributed by atoms with Crippen molar-refractivity contribution >= 4 is 62.8 Å². The smallest absolute Gasteiger partial charge is 1.00 e. The molecule has 12 aliphatic rings. The summed E-state index contributed by atoms with van der Waals surface area (Å²) in [5, 5.41) is 16.4. The third kappa shape index (κ3) is 32.6. The Labute approximate surface area is 716 Å². The van der Waals surface area contributed by atoms with E-state index in [2.05, 4.69) is 34.6 Å². The molecule has 2 aliphatic heterocycles. The molecule has 21 heteroatoms. The van der Waals surface area contributed by atoms with Crippen LogP contribution in [-0.2, 0) is 33.4 Å². The number of ether oxygens (including phenoxy) is 4. The number of carbonyl (C=O) groups excluding carboxylic acids is 2. The number of Topliss-reactive ketones (excluding diaryl/α,β-unsaturated/α-hetero) is 1. The summed E-state index contributed by atoms with van der Waals surface area (Å²) in [5.41, 5.74) is 1.39. The maximum Gasteiger partial charge on any atom is 1.00 e. The Morgan fingerprint density at radius 2 is 0.885 bits per heavy atom. The number of benzene rings is 3. The molecule has 3 aromatic carbocycles. The van der Waals surface area contributed by atoms with Crippen molar-refractivity contribution in [3.63, 3.8) is 0 Å². The molecule has 2 heterocycles. The molecule has 2 N–H and O–H groups in total. The quantitative estimate of drug-likeness (QED) is 0.0344. The van der Waals surface area contributed by atoms with Gasteiger partial charge in [-0.15, -0.1) is 23.2 Å². The zero-order chi connectivity index (χ0) is 82.0. The maximum absolute atomic E-state index is 14.1. The summed E-state index contributed by atoms with van der Waals surface area (Å²) >= 11 is 9.53. The molecule has 10 aliphatic carbocycles. The number of aliphatic hydroxyl groups excluding tert-OH is 2. The van der Waals surface area contributed by atoms with E-state index in [4.69, 9.17) is 52.8 Å². The molecule has 10 saturated carbocycles. The molecule has 0 spiro atoms. The molecule has 12 fully saturated rings. The van der Waals surface area contributed by atoms with Crippen molar-refractivity contribution in [3.05, 3.63) is 89.0 Å². The van der Waals surface area contributed by atoms with Crippen LogP contribution in [0, 0.1) is 150 Å². The average Bonchev–Trinajstić information content (AvgIpc) is 1.69. The topological polar surface area (TPSA) is 155 Å². The second kappa shape index (κ2) is 58.6. The Morgan fingerprint density at radius 1 is 0.513 bits per heavy atom. The van der Waals surface area contributed by atoms with Crippen molar-refractivity contribution < 1.29 is 95.0 Å². The monoisotopic (exact) mass is 1660 g/mol. The molecule has 11 nitrogen and oxygen atoms in total. The first-order chi connectivity index (χ1) is 54.3. The van der Waals surface area contributed by atoms with Crippen molar-refractivity contribution in [1.82, 2.24) is 0 Å². The second-order valence-electron chi connectivity index (χ2n) is 33.4. The first kappa shape index (κ1) is 103. The largest absolute Gasteiger partial charge is 1.00 e. The molecule has 3 aromatic rings. The third-order valence-corrected chi connectivity index (χ3v) is 28.3. The Kier molecular flexibility index (Phi) is 53.5. The number of hydrogen-bond donors (Lipinski definition) is 2. The van der Waals surface area contributed by atoms with Gasteiger partial charge in [0, 0.05) is 58.4 Å². The third-order valence-electron chi connectivity index (χ3n) is 27.0. The van der Waals surface area contributed by atoms with Crippen LogP contribution in [0.15, 0.2) is 59.5 Å². The molecular formula is C92H151AlCl2F5LiO11S. The van der Waals surface area contributed by atoms with Gasteiger partial charge in [-0.05, 0) is 305 Å². The van der Waals surface area contributed by atoms with Crippen LogP contribution in [-0.4, -0.2) is 121 Å². The summed E-state index contributed by atoms with van der Waals surface area (Å²) in [4.78, 5) is 22.5. The van der Waals surface area contributed by atoms with E-state index < -0.39 is 40.5 Å². The minimum Gasteiger partial charge on any atom is -1.00 e. The molecule has 9 unspecified atom stereocenters. The van der Waals surface area contributed by atoms with Crippen LogP contribution < -0.4 is 28.3 Å². The summed E-state index contributed by atoms with van der Waals surface area (Å²) in [6.07, 6.45) is 45.0. The standard InChI is InChI=1S/C20H28F2O2.C19H28O3S.C12H22O.C12H20O.C11H18O.C7H6F2.2C4H8O.CH2Cl2.CH3F.CH4O.Al.Li.4H/c1-3-5-13-6-8-16-14(7-9-15(13)16)12-24-18-11-10-17(23-4-2)19(21)20(18)22;1-3-4-15-7-11-19-16(8-12-18(15)19)13-22-23(20,21)17-9-5-14(2)6-10-17;2*1-2-3-9-4-6-12-10(8-13)5-7-11(9)12;1-2-3-8-4-5-10-9(8)6-7-11(10)12;1-5-3-2-4-6(8)7(5)9;2*1-2-4-5-3-1;2-1-3;2*1-2;;;;;;/h10-11,13-16H,3-9,12H2,1-2H3;5-6,9-10,15-16,18-19H,3-4,7-8,11-13H2,1-2H3;9-13H,2-8H2,1H3;8-12H,2-7H2,1H3;8-10H,2-7H2,1H3;2-4H,1H3;2*1-4H2;1H2;1H3;2H,1H3;;;;;;/q;;;;;;;;;;;;+1;;;;-1/t13?,14?,15-,16-;15?,16?,18-,19-;2*9?,10?,11-,12-;8?,9-,10+;;;;;;;;;;;;/m00000............/s1/i;;;;;;;;;1D;;;;;;;. The van der Waals surface area contributed by atoms with Gasteiger partial charge in [0.05, 0.1) is 38.6 Å². The van der Waals surface area contributed by atoms with Crippen molar-refractivity contribution in [2.45, 2.75) is 279 Å². The number of aldehydes is 1. The zero-order valence-electron chi connectivity index (χ0n) is 72.5. The fraction of sp³-hybridized carbons (Fsp3) is 0.783. The molecule has 15 rings (SSSR count). The van der Waals surface area contributed by atoms with Gasteiger partial charge in [-0.2, -0.15) is 17.2 Å². The number of rotatable bonds is 21. The van der Waals surface area contributed by atoms with Gasteiger partial charge >= 0.3 is 18.9 Å². The zero-order valence-corrected chi connectivity index (χ0v) is 72.8. The summed E-state index contributed by atoms with van der Waals surface area (Å²) < 4.78 is 119. The van der Waals surface area contributed by atoms with Crippen LogP contribution in [0.5, 0.6) is 11.5 Å². The van der Waals surface area contributed by atoms with E-state index in [9.17, 15) is 45.1 Å². The molecule has 0 aromatic heterocycles. The molecule has 644 valence electrons. The number of alkyl halides is 3. The normalized spacial score (nSPS) is 29.9. The fourth-order valence-electron chi connectivity index (χ4n) is 21.9. The molecule has 2 saturated heterocycles. The van der Waals surface area contributed by atoms with Crippen molar-refractivity contribution in [3.8, 4) is 11.5 Å². The summed E-state index contributed by atoms with van der Waals surface area (Å²) in [5.74, 6) is 11.5. The SMILES string of the molecule is C1CCOC1.C1CCOC1.CCCC1CC[C@H]2C(=O)CC[C@@H]12.CCCC1CC[C@H]2C(C=O)CC[C@@H]12.CCCC1CC[C@H]2C(CO)CC[C@@H]12.CCCC1CC[C@H]2C(COS(=O)(=O)c3ccc(C)cc3)CC[C@@H]12.CCCC1CC[C@H]2C(COc3ccc(OCC)c(F)c3F)CC[C@@H]12.CO.Cc1cccc(F)c1F.ClCCl.[2H]CF.[AlH3].[H-].[Li+]. The van der Waals surface area contributed by atoms with Gasteiger partial charge in [-0.1, -0.05) is 129 Å². The second-order valence-corrected chi connectivity index (χ2v) is 35.8. The number of ketones is 1. The van der Waals surface area contributed by atoms with Crippen LogP contribution in [0.2, 0.25) is 0 Å². The summed E-state index contributed by atoms with van der Waals surface area (Å²) in [7, 11) is -3.62. The molecule has 0 bridgehead atoms. The Bertz CT molecular complexity index is 3110. The summed E-state index contributed by atoms with van der Waals surface area (Å²) in [6.45, 7) is 22.2. The minimum absolute atomic E-state index is 0. The minimum atomic E-state index is -3.62. The van der Waals surface area contributed by atoms with Gasteiger partial charge in [0.25, 0.3) is 10.1 Å². The van der Waals surface area contributed by atoms with E-state index in [1.807, 2.05) is 19.1 Å². The van der Waals surface area contributed by atoms with E-state index >= 15 is 0 Å². The van der Waals surface area contributed by atoms with Gasteiger partial charge in [-0.25, -0.2) is 8.78 Å². The summed E-state index contributed by atoms with van der Waals surface area (Å²) in [6, 6.07) is 13.9. The number of aliphatic hydroxyl groups is 2. The van der Waals surface area contributed by atoms with Crippen LogP contribution >= 0.6 is 23.2 Å².